The summed E-state index contributed by atoms with van der Waals surface area (Å²) in [5.41, 5.74) is 0. The number of ether oxygens (including phenoxy) is 1. The third-order valence-electron chi connectivity index (χ3n) is 1.15. The Morgan fingerprint density at radius 3 is 2.80 bits per heavy atom. The summed E-state index contributed by atoms with van der Waals surface area (Å²) in [6.45, 7) is 2.96. The second kappa shape index (κ2) is 6.55. The van der Waals surface area contributed by atoms with Gasteiger partial charge in [0.2, 0.25) is 5.91 Å². The average Bonchev–Trinajstić information content (AvgIpc) is 1.98. The fourth-order valence-electron chi connectivity index (χ4n) is 0.483. The van der Waals surface area contributed by atoms with Crippen molar-refractivity contribution >= 4 is 5.91 Å². The number of hydrogen-bond donors (Lipinski definition) is 1. The Bertz CT molecular complexity index is 93.6. The van der Waals surface area contributed by atoms with Crippen molar-refractivity contribution in [3.05, 3.63) is 0 Å². The van der Waals surface area contributed by atoms with Crippen LogP contribution in [0.2, 0.25) is 0 Å². The van der Waals surface area contributed by atoms with E-state index in [1.165, 1.54) is 0 Å². The molecule has 1 N–H and O–H groups in total. The van der Waals surface area contributed by atoms with Crippen molar-refractivity contribution < 1.29 is 9.53 Å². The van der Waals surface area contributed by atoms with Gasteiger partial charge in [0.1, 0.15) is 6.61 Å². The number of unbranched alkanes of at least 4 members (excludes halogenated alkanes) is 1. The average molecular weight is 145 g/mol. The van der Waals surface area contributed by atoms with E-state index < -0.39 is 0 Å². The quantitative estimate of drug-likeness (QED) is 0.574. The second-order valence-electron chi connectivity index (χ2n) is 2.08. The SMILES string of the molecule is CCCCOCC(=O)NC. The lowest BCUT2D eigenvalue weighted by Gasteiger charge is -2.00. The summed E-state index contributed by atoms with van der Waals surface area (Å²) in [4.78, 5) is 10.5. The van der Waals surface area contributed by atoms with E-state index >= 15 is 0 Å². The molecular formula is C7H15NO2. The van der Waals surface area contributed by atoms with Crippen LogP contribution in [-0.4, -0.2) is 26.2 Å². The summed E-state index contributed by atoms with van der Waals surface area (Å²) < 4.78 is 5.01. The van der Waals surface area contributed by atoms with Crippen molar-refractivity contribution in [1.29, 1.82) is 0 Å². The van der Waals surface area contributed by atoms with E-state index in [1.807, 2.05) is 0 Å². The third kappa shape index (κ3) is 5.56. The molecule has 0 heterocycles. The first-order chi connectivity index (χ1) is 4.81. The summed E-state index contributed by atoms with van der Waals surface area (Å²) in [5, 5.41) is 2.48. The van der Waals surface area contributed by atoms with Crippen molar-refractivity contribution in [2.75, 3.05) is 20.3 Å². The third-order valence-corrected chi connectivity index (χ3v) is 1.15. The van der Waals surface area contributed by atoms with Crippen LogP contribution in [0.25, 0.3) is 0 Å². The Labute approximate surface area is 61.8 Å². The van der Waals surface area contributed by atoms with E-state index in [9.17, 15) is 4.79 Å². The summed E-state index contributed by atoms with van der Waals surface area (Å²) >= 11 is 0. The van der Waals surface area contributed by atoms with Gasteiger partial charge in [0.15, 0.2) is 0 Å². The molecule has 0 aromatic rings. The van der Waals surface area contributed by atoms with Crippen LogP contribution in [0.15, 0.2) is 0 Å². The van der Waals surface area contributed by atoms with E-state index in [0.717, 1.165) is 12.8 Å². The molecule has 0 aliphatic rings. The number of carbonyl (C=O) groups is 1. The molecule has 1 amide bonds. The molecule has 0 atom stereocenters. The monoisotopic (exact) mass is 145 g/mol. The predicted molar refractivity (Wildman–Crippen MR) is 39.8 cm³/mol. The lowest BCUT2D eigenvalue weighted by Crippen LogP contribution is -2.23. The smallest absolute Gasteiger partial charge is 0.245 e. The molecule has 10 heavy (non-hydrogen) atoms. The second-order valence-corrected chi connectivity index (χ2v) is 2.08. The van der Waals surface area contributed by atoms with Gasteiger partial charge in [-0.05, 0) is 6.42 Å². The molecule has 0 aromatic carbocycles. The Kier molecular flexibility index (Phi) is 6.18. The topological polar surface area (TPSA) is 38.3 Å². The van der Waals surface area contributed by atoms with Gasteiger partial charge in [0.05, 0.1) is 0 Å². The first-order valence-corrected chi connectivity index (χ1v) is 3.59. The van der Waals surface area contributed by atoms with Crippen LogP contribution in [0.3, 0.4) is 0 Å². The molecule has 0 aliphatic carbocycles. The minimum atomic E-state index is -0.0592. The largest absolute Gasteiger partial charge is 0.372 e. The minimum absolute atomic E-state index is 0.0592. The summed E-state index contributed by atoms with van der Waals surface area (Å²) in [5.74, 6) is -0.0592. The number of likely N-dealkylation sites (N-methyl/N-ethyl adjacent to an activating group) is 1. The first kappa shape index (κ1) is 9.43. The van der Waals surface area contributed by atoms with Gasteiger partial charge in [-0.25, -0.2) is 0 Å². The van der Waals surface area contributed by atoms with Gasteiger partial charge in [-0.3, -0.25) is 4.79 Å². The molecule has 0 aromatic heterocycles. The highest BCUT2D eigenvalue weighted by molar-refractivity contribution is 5.76. The van der Waals surface area contributed by atoms with E-state index in [1.54, 1.807) is 7.05 Å². The molecule has 60 valence electrons. The molecular weight excluding hydrogens is 130 g/mol. The lowest BCUT2D eigenvalue weighted by atomic mass is 10.4. The highest BCUT2D eigenvalue weighted by Crippen LogP contribution is 1.86. The molecule has 0 rings (SSSR count). The Balaban J connectivity index is 2.96. The first-order valence-electron chi connectivity index (χ1n) is 3.59. The zero-order chi connectivity index (χ0) is 7.82. The van der Waals surface area contributed by atoms with Gasteiger partial charge in [-0.1, -0.05) is 13.3 Å². The fraction of sp³-hybridized carbons (Fsp3) is 0.857. The van der Waals surface area contributed by atoms with Crippen LogP contribution in [0.4, 0.5) is 0 Å². The summed E-state index contributed by atoms with van der Waals surface area (Å²) in [6.07, 6.45) is 2.13. The van der Waals surface area contributed by atoms with Crippen LogP contribution in [-0.2, 0) is 9.53 Å². The van der Waals surface area contributed by atoms with Crippen LogP contribution >= 0.6 is 0 Å². The molecule has 0 unspecified atom stereocenters. The van der Waals surface area contributed by atoms with Crippen molar-refractivity contribution in [3.8, 4) is 0 Å². The van der Waals surface area contributed by atoms with Gasteiger partial charge in [-0.2, -0.15) is 0 Å². The van der Waals surface area contributed by atoms with Gasteiger partial charge in [-0.15, -0.1) is 0 Å². The summed E-state index contributed by atoms with van der Waals surface area (Å²) in [7, 11) is 1.60. The standard InChI is InChI=1S/C7H15NO2/c1-3-4-5-10-6-7(9)8-2/h3-6H2,1-2H3,(H,8,9). The van der Waals surface area contributed by atoms with Crippen molar-refractivity contribution in [1.82, 2.24) is 5.32 Å². The molecule has 0 spiro atoms. The van der Waals surface area contributed by atoms with Crippen LogP contribution in [0.5, 0.6) is 0 Å². The molecule has 0 fully saturated rings. The highest BCUT2D eigenvalue weighted by atomic mass is 16.5. The molecule has 0 bridgehead atoms. The van der Waals surface area contributed by atoms with Crippen LogP contribution in [0.1, 0.15) is 19.8 Å². The molecule has 3 nitrogen and oxygen atoms in total. The molecule has 0 radical (unpaired) electrons. The van der Waals surface area contributed by atoms with Crippen molar-refractivity contribution in [2.24, 2.45) is 0 Å². The Morgan fingerprint density at radius 1 is 1.60 bits per heavy atom. The van der Waals surface area contributed by atoms with E-state index in [0.29, 0.717) is 6.61 Å². The lowest BCUT2D eigenvalue weighted by molar-refractivity contribution is -0.125. The molecule has 0 aliphatic heterocycles. The number of hydrogen-bond acceptors (Lipinski definition) is 2. The number of rotatable bonds is 5. The van der Waals surface area contributed by atoms with Gasteiger partial charge >= 0.3 is 0 Å². The van der Waals surface area contributed by atoms with Crippen LogP contribution < -0.4 is 5.32 Å². The number of amides is 1. The van der Waals surface area contributed by atoms with Gasteiger partial charge in [0.25, 0.3) is 0 Å². The van der Waals surface area contributed by atoms with Crippen molar-refractivity contribution in [3.63, 3.8) is 0 Å². The number of carbonyl (C=O) groups excluding carboxylic acids is 1. The van der Waals surface area contributed by atoms with E-state index in [2.05, 4.69) is 12.2 Å². The zero-order valence-corrected chi connectivity index (χ0v) is 6.64. The predicted octanol–water partition coefficient (Wildman–Crippen LogP) is 0.549. The Hall–Kier alpha value is -0.570. The maximum Gasteiger partial charge on any atom is 0.245 e. The molecule has 0 saturated heterocycles. The highest BCUT2D eigenvalue weighted by Gasteiger charge is 1.94. The minimum Gasteiger partial charge on any atom is -0.372 e. The normalized spacial score (nSPS) is 9.40. The van der Waals surface area contributed by atoms with E-state index in [4.69, 9.17) is 4.74 Å². The summed E-state index contributed by atoms with van der Waals surface area (Å²) in [6, 6.07) is 0. The van der Waals surface area contributed by atoms with Gasteiger partial charge < -0.3 is 10.1 Å². The maximum absolute atomic E-state index is 10.5. The zero-order valence-electron chi connectivity index (χ0n) is 6.64. The van der Waals surface area contributed by atoms with E-state index in [-0.39, 0.29) is 12.5 Å². The van der Waals surface area contributed by atoms with Crippen LogP contribution in [0, 0.1) is 0 Å². The Morgan fingerprint density at radius 2 is 2.30 bits per heavy atom. The molecule has 0 saturated carbocycles. The maximum atomic E-state index is 10.5. The number of nitrogens with one attached hydrogen (secondary N) is 1. The van der Waals surface area contributed by atoms with Gasteiger partial charge in [0, 0.05) is 13.7 Å². The molecule has 3 heteroatoms. The fourth-order valence-corrected chi connectivity index (χ4v) is 0.483. The van der Waals surface area contributed by atoms with Crippen molar-refractivity contribution in [2.45, 2.75) is 19.8 Å².